The molecule has 0 radical (unpaired) electrons. The van der Waals surface area contributed by atoms with Gasteiger partial charge in [-0.25, -0.2) is 14.4 Å². The van der Waals surface area contributed by atoms with E-state index in [0.717, 1.165) is 6.07 Å². The monoisotopic (exact) mass is 296 g/mol. The van der Waals surface area contributed by atoms with Gasteiger partial charge in [-0.1, -0.05) is 0 Å². The van der Waals surface area contributed by atoms with Gasteiger partial charge in [-0.3, -0.25) is 0 Å². The fourth-order valence-corrected chi connectivity index (χ4v) is 1.44. The summed E-state index contributed by atoms with van der Waals surface area (Å²) in [6, 6.07) is 2.78. The first-order valence-corrected chi connectivity index (χ1v) is 6.02. The van der Waals surface area contributed by atoms with Gasteiger partial charge in [0, 0.05) is 19.3 Å². The summed E-state index contributed by atoms with van der Waals surface area (Å²) in [5, 5.41) is 22.7. The molecule has 0 saturated heterocycles. The molecule has 8 heteroatoms. The highest BCUT2D eigenvalue weighted by Crippen LogP contribution is 2.15. The van der Waals surface area contributed by atoms with Gasteiger partial charge in [0.05, 0.1) is 17.2 Å². The molecule has 0 bridgehead atoms. The van der Waals surface area contributed by atoms with Crippen LogP contribution in [0.5, 0.6) is 0 Å². The molecule has 0 aliphatic heterocycles. The molecule has 114 valence electrons. The highest BCUT2D eigenvalue weighted by atomic mass is 16.5. The number of benzene rings is 1. The molecule has 1 aromatic carbocycles. The normalized spacial score (nSPS) is 11.5. The lowest BCUT2D eigenvalue weighted by molar-refractivity contribution is 0.0696. The van der Waals surface area contributed by atoms with Crippen molar-refractivity contribution in [3.63, 3.8) is 0 Å². The molecule has 8 nitrogen and oxygen atoms in total. The summed E-state index contributed by atoms with van der Waals surface area (Å²) >= 11 is 0. The first-order chi connectivity index (χ1) is 9.83. The summed E-state index contributed by atoms with van der Waals surface area (Å²) in [5.41, 5.74) is -0.374. The lowest BCUT2D eigenvalue weighted by Gasteiger charge is -2.12. The number of ether oxygens (including phenoxy) is 1. The van der Waals surface area contributed by atoms with Crippen LogP contribution in [0.4, 0.5) is 10.5 Å². The summed E-state index contributed by atoms with van der Waals surface area (Å²) in [4.78, 5) is 33.5. The Morgan fingerprint density at radius 3 is 2.10 bits per heavy atom. The molecule has 0 fully saturated rings. The Balaban J connectivity index is 2.84. The molecule has 1 unspecified atom stereocenters. The van der Waals surface area contributed by atoms with Crippen LogP contribution in [0, 0.1) is 0 Å². The Labute approximate surface area is 120 Å². The van der Waals surface area contributed by atoms with Crippen LogP contribution in [0.3, 0.4) is 0 Å². The number of nitrogens with one attached hydrogen (secondary N) is 2. The van der Waals surface area contributed by atoms with E-state index in [1.165, 1.54) is 19.2 Å². The van der Waals surface area contributed by atoms with E-state index < -0.39 is 18.0 Å². The van der Waals surface area contributed by atoms with Crippen LogP contribution in [0.15, 0.2) is 18.2 Å². The zero-order valence-electron chi connectivity index (χ0n) is 11.5. The first kappa shape index (κ1) is 16.4. The van der Waals surface area contributed by atoms with Crippen LogP contribution in [-0.2, 0) is 4.74 Å². The Morgan fingerprint density at radius 1 is 1.14 bits per heavy atom. The van der Waals surface area contributed by atoms with Crippen LogP contribution >= 0.6 is 0 Å². The van der Waals surface area contributed by atoms with Gasteiger partial charge in [-0.15, -0.1) is 0 Å². The third-order valence-corrected chi connectivity index (χ3v) is 2.64. The minimum Gasteiger partial charge on any atom is -0.478 e. The lowest BCUT2D eigenvalue weighted by atomic mass is 10.1. The predicted molar refractivity (Wildman–Crippen MR) is 73.9 cm³/mol. The van der Waals surface area contributed by atoms with Gasteiger partial charge in [0.25, 0.3) is 0 Å². The van der Waals surface area contributed by atoms with Crippen LogP contribution in [0.1, 0.15) is 27.6 Å². The van der Waals surface area contributed by atoms with Crippen molar-refractivity contribution in [3.8, 4) is 0 Å². The number of rotatable bonds is 6. The quantitative estimate of drug-likeness (QED) is 0.626. The van der Waals surface area contributed by atoms with Gasteiger partial charge in [0.1, 0.15) is 0 Å². The summed E-state index contributed by atoms with van der Waals surface area (Å²) in [6.45, 7) is 2.01. The van der Waals surface area contributed by atoms with E-state index in [1.54, 1.807) is 6.92 Å². The molecule has 0 aliphatic rings. The molecular formula is C13H16N2O6. The van der Waals surface area contributed by atoms with Crippen molar-refractivity contribution in [2.24, 2.45) is 0 Å². The first-order valence-electron chi connectivity index (χ1n) is 6.02. The molecule has 4 N–H and O–H groups in total. The van der Waals surface area contributed by atoms with Gasteiger partial charge in [0.15, 0.2) is 0 Å². The smallest absolute Gasteiger partial charge is 0.335 e. The van der Waals surface area contributed by atoms with E-state index in [4.69, 9.17) is 14.9 Å². The number of amides is 2. The van der Waals surface area contributed by atoms with E-state index in [0.29, 0.717) is 0 Å². The van der Waals surface area contributed by atoms with Crippen molar-refractivity contribution in [2.75, 3.05) is 19.0 Å². The fourth-order valence-electron chi connectivity index (χ4n) is 1.44. The molecule has 0 aromatic heterocycles. The van der Waals surface area contributed by atoms with Gasteiger partial charge in [0.2, 0.25) is 0 Å². The molecule has 1 aromatic rings. The van der Waals surface area contributed by atoms with Crippen molar-refractivity contribution in [1.29, 1.82) is 0 Å². The second-order valence-electron chi connectivity index (χ2n) is 4.29. The minimum absolute atomic E-state index is 0.0786. The second-order valence-corrected chi connectivity index (χ2v) is 4.29. The van der Waals surface area contributed by atoms with E-state index in [2.05, 4.69) is 10.6 Å². The van der Waals surface area contributed by atoms with E-state index >= 15 is 0 Å². The molecule has 1 rings (SSSR count). The van der Waals surface area contributed by atoms with E-state index in [9.17, 15) is 14.4 Å². The summed E-state index contributed by atoms with van der Waals surface area (Å²) in [5.74, 6) is -2.57. The van der Waals surface area contributed by atoms with Crippen molar-refractivity contribution in [1.82, 2.24) is 5.32 Å². The largest absolute Gasteiger partial charge is 0.478 e. The maximum absolute atomic E-state index is 11.6. The van der Waals surface area contributed by atoms with Crippen LogP contribution < -0.4 is 10.6 Å². The molecule has 1 atom stereocenters. The number of carbonyl (C=O) groups is 3. The Morgan fingerprint density at radius 2 is 1.67 bits per heavy atom. The highest BCUT2D eigenvalue weighted by Gasteiger charge is 2.13. The van der Waals surface area contributed by atoms with Gasteiger partial charge in [-0.05, 0) is 25.1 Å². The molecule has 0 aliphatic carbocycles. The minimum atomic E-state index is -1.28. The van der Waals surface area contributed by atoms with Crippen LogP contribution in [-0.4, -0.2) is 47.9 Å². The second kappa shape index (κ2) is 7.25. The lowest BCUT2D eigenvalue weighted by Crippen LogP contribution is -2.34. The summed E-state index contributed by atoms with van der Waals surface area (Å²) in [7, 11) is 1.50. The fraction of sp³-hybridized carbons (Fsp3) is 0.308. The third-order valence-electron chi connectivity index (χ3n) is 2.64. The molecule has 21 heavy (non-hydrogen) atoms. The maximum Gasteiger partial charge on any atom is 0.335 e. The SMILES string of the molecule is COC(C)CNC(=O)Nc1cc(C(=O)O)cc(C(=O)O)c1. The number of urea groups is 1. The number of methoxy groups -OCH3 is 1. The highest BCUT2D eigenvalue weighted by molar-refractivity contribution is 5.98. The maximum atomic E-state index is 11.6. The van der Waals surface area contributed by atoms with Gasteiger partial charge in [-0.2, -0.15) is 0 Å². The number of hydrogen-bond acceptors (Lipinski definition) is 4. The number of hydrogen-bond donors (Lipinski definition) is 4. The van der Waals surface area contributed by atoms with Crippen molar-refractivity contribution >= 4 is 23.7 Å². The van der Waals surface area contributed by atoms with E-state index in [1.807, 2.05) is 0 Å². The number of aromatic carboxylic acids is 2. The molecule has 0 spiro atoms. The molecule has 0 heterocycles. The van der Waals surface area contributed by atoms with E-state index in [-0.39, 0.29) is 29.5 Å². The number of anilines is 1. The molecule has 2 amide bonds. The molecular weight excluding hydrogens is 280 g/mol. The zero-order valence-corrected chi connectivity index (χ0v) is 11.5. The number of carbonyl (C=O) groups excluding carboxylic acids is 1. The summed E-state index contributed by atoms with van der Waals surface area (Å²) in [6.07, 6.45) is -0.185. The predicted octanol–water partition coefficient (Wildman–Crippen LogP) is 1.24. The zero-order chi connectivity index (χ0) is 16.0. The number of carboxylic acid groups (broad SMARTS) is 2. The van der Waals surface area contributed by atoms with Crippen molar-refractivity contribution < 1.29 is 29.3 Å². The summed E-state index contributed by atoms with van der Waals surface area (Å²) < 4.78 is 4.95. The third kappa shape index (κ3) is 5.11. The number of carboxylic acids is 2. The van der Waals surface area contributed by atoms with Gasteiger partial charge >= 0.3 is 18.0 Å². The average molecular weight is 296 g/mol. The Hall–Kier alpha value is -2.61. The Kier molecular flexibility index (Phi) is 5.67. The van der Waals surface area contributed by atoms with Gasteiger partial charge < -0.3 is 25.6 Å². The van der Waals surface area contributed by atoms with Crippen molar-refractivity contribution in [2.45, 2.75) is 13.0 Å². The van der Waals surface area contributed by atoms with Crippen LogP contribution in [0.25, 0.3) is 0 Å². The Bertz CT molecular complexity index is 525. The molecule has 0 saturated carbocycles. The topological polar surface area (TPSA) is 125 Å². The standard InChI is InChI=1S/C13H16N2O6/c1-7(21-2)6-14-13(20)15-10-4-8(11(16)17)3-9(5-10)12(18)19/h3-5,7H,6H2,1-2H3,(H,16,17)(H,18,19)(H2,14,15,20). The van der Waals surface area contributed by atoms with Crippen LogP contribution in [0.2, 0.25) is 0 Å². The average Bonchev–Trinajstić information content (AvgIpc) is 2.44. The van der Waals surface area contributed by atoms with Crippen molar-refractivity contribution in [3.05, 3.63) is 29.3 Å².